The Kier molecular flexibility index (Phi) is 5.12. The minimum atomic E-state index is -4.97. The van der Waals surface area contributed by atoms with E-state index in [2.05, 4.69) is 0 Å². The van der Waals surface area contributed by atoms with Gasteiger partial charge in [-0.05, 0) is 20.8 Å². The standard InChI is InChI=1S/C12H20F3NO5/c1-10(2,3)21-9(18)16-4-8(5-17)20-7-11(19,6-16)12(13,14)15/h8,17,19H,4-7H2,1-3H3/t8-,11?/m0/s1. The number of nitrogens with zero attached hydrogens (tertiary/aromatic N) is 1. The molecule has 2 N–H and O–H groups in total. The number of aliphatic hydroxyl groups excluding tert-OH is 1. The maximum Gasteiger partial charge on any atom is 0.421 e. The largest absolute Gasteiger partial charge is 0.444 e. The molecule has 9 heteroatoms. The molecule has 1 amide bonds. The first-order valence-electron chi connectivity index (χ1n) is 6.37. The molecule has 1 rings (SSSR count). The molecule has 0 aromatic heterocycles. The van der Waals surface area contributed by atoms with Crippen LogP contribution in [0.4, 0.5) is 18.0 Å². The van der Waals surface area contributed by atoms with Crippen molar-refractivity contribution in [3.63, 3.8) is 0 Å². The van der Waals surface area contributed by atoms with E-state index in [-0.39, 0.29) is 6.54 Å². The van der Waals surface area contributed by atoms with Crippen molar-refractivity contribution in [2.45, 2.75) is 44.3 Å². The fraction of sp³-hybridized carbons (Fsp3) is 0.917. The van der Waals surface area contributed by atoms with Crippen LogP contribution >= 0.6 is 0 Å². The number of carbonyl (C=O) groups excluding carboxylic acids is 1. The fourth-order valence-corrected chi connectivity index (χ4v) is 1.73. The summed E-state index contributed by atoms with van der Waals surface area (Å²) in [5.74, 6) is 0. The zero-order valence-corrected chi connectivity index (χ0v) is 12.1. The van der Waals surface area contributed by atoms with Crippen LogP contribution in [0.2, 0.25) is 0 Å². The molecule has 0 radical (unpaired) electrons. The maximum absolute atomic E-state index is 12.9. The van der Waals surface area contributed by atoms with Gasteiger partial charge in [0.15, 0.2) is 0 Å². The molecule has 6 nitrogen and oxygen atoms in total. The molecular formula is C12H20F3NO5. The van der Waals surface area contributed by atoms with Crippen LogP contribution in [-0.2, 0) is 9.47 Å². The van der Waals surface area contributed by atoms with Gasteiger partial charge in [0.25, 0.3) is 0 Å². The molecule has 1 aliphatic rings. The average Bonchev–Trinajstić information content (AvgIpc) is 2.46. The quantitative estimate of drug-likeness (QED) is 0.752. The highest BCUT2D eigenvalue weighted by molar-refractivity contribution is 5.68. The smallest absolute Gasteiger partial charge is 0.421 e. The summed E-state index contributed by atoms with van der Waals surface area (Å²) in [6.45, 7) is 1.76. The Bertz CT molecular complexity index is 382. The van der Waals surface area contributed by atoms with E-state index in [1.807, 2.05) is 0 Å². The van der Waals surface area contributed by atoms with E-state index >= 15 is 0 Å². The highest BCUT2D eigenvalue weighted by Gasteiger charge is 2.57. The molecule has 0 saturated carbocycles. The van der Waals surface area contributed by atoms with Gasteiger partial charge in [0, 0.05) is 0 Å². The van der Waals surface area contributed by atoms with Gasteiger partial charge in [0.1, 0.15) is 5.60 Å². The van der Waals surface area contributed by atoms with E-state index in [9.17, 15) is 23.1 Å². The Morgan fingerprint density at radius 2 is 2.00 bits per heavy atom. The lowest BCUT2D eigenvalue weighted by Gasteiger charge is -2.33. The number of amides is 1. The van der Waals surface area contributed by atoms with Gasteiger partial charge in [0.2, 0.25) is 5.60 Å². The number of halogens is 3. The van der Waals surface area contributed by atoms with Crippen LogP contribution in [-0.4, -0.2) is 71.0 Å². The van der Waals surface area contributed by atoms with E-state index in [4.69, 9.17) is 14.6 Å². The van der Waals surface area contributed by atoms with Gasteiger partial charge in [-0.1, -0.05) is 0 Å². The monoisotopic (exact) mass is 315 g/mol. The van der Waals surface area contributed by atoms with E-state index < -0.39 is 49.3 Å². The van der Waals surface area contributed by atoms with E-state index in [0.29, 0.717) is 4.90 Å². The fourth-order valence-electron chi connectivity index (χ4n) is 1.73. The van der Waals surface area contributed by atoms with Gasteiger partial charge in [-0.25, -0.2) is 4.79 Å². The molecule has 21 heavy (non-hydrogen) atoms. The molecular weight excluding hydrogens is 295 g/mol. The molecule has 2 atom stereocenters. The Hall–Kier alpha value is -1.06. The normalized spacial score (nSPS) is 28.2. The predicted molar refractivity (Wildman–Crippen MR) is 65.6 cm³/mol. The van der Waals surface area contributed by atoms with Gasteiger partial charge < -0.3 is 24.6 Å². The second-order valence-corrected chi connectivity index (χ2v) is 6.01. The average molecular weight is 315 g/mol. The SMILES string of the molecule is CC(C)(C)OC(=O)N1C[C@@H](CO)OCC(O)(C(F)(F)F)C1. The van der Waals surface area contributed by atoms with Crippen LogP contribution in [0.5, 0.6) is 0 Å². The third-order valence-electron chi connectivity index (χ3n) is 2.82. The molecule has 124 valence electrons. The van der Waals surface area contributed by atoms with E-state index in [1.54, 1.807) is 20.8 Å². The first-order chi connectivity index (χ1) is 9.38. The Morgan fingerprint density at radius 3 is 2.43 bits per heavy atom. The molecule has 1 aliphatic heterocycles. The van der Waals surface area contributed by atoms with Crippen LogP contribution in [0.25, 0.3) is 0 Å². The minimum absolute atomic E-state index is 0.302. The number of aliphatic hydroxyl groups is 2. The van der Waals surface area contributed by atoms with Gasteiger partial charge in [-0.15, -0.1) is 0 Å². The zero-order chi connectivity index (χ0) is 16.5. The van der Waals surface area contributed by atoms with Crippen molar-refractivity contribution in [3.05, 3.63) is 0 Å². The van der Waals surface area contributed by atoms with Crippen molar-refractivity contribution in [2.75, 3.05) is 26.3 Å². The Morgan fingerprint density at radius 1 is 1.43 bits per heavy atom. The highest BCUT2D eigenvalue weighted by Crippen LogP contribution is 2.33. The number of carbonyl (C=O) groups is 1. The lowest BCUT2D eigenvalue weighted by molar-refractivity contribution is -0.274. The molecule has 0 aliphatic carbocycles. The molecule has 1 unspecified atom stereocenters. The van der Waals surface area contributed by atoms with Crippen LogP contribution in [0.15, 0.2) is 0 Å². The van der Waals surface area contributed by atoms with E-state index in [1.165, 1.54) is 0 Å². The molecule has 1 saturated heterocycles. The lowest BCUT2D eigenvalue weighted by atomic mass is 10.0. The first kappa shape index (κ1) is 18.0. The summed E-state index contributed by atoms with van der Waals surface area (Å²) >= 11 is 0. The minimum Gasteiger partial charge on any atom is -0.444 e. The summed E-state index contributed by atoms with van der Waals surface area (Å²) in [4.78, 5) is 12.6. The van der Waals surface area contributed by atoms with Crippen LogP contribution < -0.4 is 0 Å². The van der Waals surface area contributed by atoms with Crippen LogP contribution in [0.1, 0.15) is 20.8 Å². The molecule has 0 aromatic carbocycles. The number of ether oxygens (including phenoxy) is 2. The highest BCUT2D eigenvalue weighted by atomic mass is 19.4. The summed E-state index contributed by atoms with van der Waals surface area (Å²) < 4.78 is 48.7. The molecule has 0 aromatic rings. The second-order valence-electron chi connectivity index (χ2n) is 6.01. The van der Waals surface area contributed by atoms with Crippen molar-refractivity contribution >= 4 is 6.09 Å². The maximum atomic E-state index is 12.9. The summed E-state index contributed by atoms with van der Waals surface area (Å²) in [5.41, 5.74) is -4.09. The summed E-state index contributed by atoms with van der Waals surface area (Å²) in [5, 5.41) is 18.8. The van der Waals surface area contributed by atoms with Crippen LogP contribution in [0, 0.1) is 0 Å². The second kappa shape index (κ2) is 5.98. The number of hydrogen-bond donors (Lipinski definition) is 2. The van der Waals surface area contributed by atoms with Crippen molar-refractivity contribution in [2.24, 2.45) is 0 Å². The molecule has 0 bridgehead atoms. The predicted octanol–water partition coefficient (Wildman–Crippen LogP) is 0.908. The summed E-state index contributed by atoms with van der Waals surface area (Å²) in [6, 6.07) is 0. The van der Waals surface area contributed by atoms with Crippen molar-refractivity contribution in [1.29, 1.82) is 0 Å². The van der Waals surface area contributed by atoms with Gasteiger partial charge in [0.05, 0.1) is 32.4 Å². The summed E-state index contributed by atoms with van der Waals surface area (Å²) in [7, 11) is 0. The zero-order valence-electron chi connectivity index (χ0n) is 12.1. The number of rotatable bonds is 1. The Balaban J connectivity index is 2.97. The molecule has 1 heterocycles. The third-order valence-corrected chi connectivity index (χ3v) is 2.82. The molecule has 0 spiro atoms. The van der Waals surface area contributed by atoms with Crippen molar-refractivity contribution in [1.82, 2.24) is 4.90 Å². The van der Waals surface area contributed by atoms with Crippen molar-refractivity contribution in [3.8, 4) is 0 Å². The lowest BCUT2D eigenvalue weighted by Crippen LogP contribution is -2.56. The molecule has 1 fully saturated rings. The van der Waals surface area contributed by atoms with Crippen LogP contribution in [0.3, 0.4) is 0 Å². The Labute approximate surface area is 120 Å². The van der Waals surface area contributed by atoms with Crippen molar-refractivity contribution < 1.29 is 37.7 Å². The first-order valence-corrected chi connectivity index (χ1v) is 6.37. The summed E-state index contributed by atoms with van der Waals surface area (Å²) in [6.07, 6.45) is -7.00. The topological polar surface area (TPSA) is 79.2 Å². The number of alkyl halides is 3. The van der Waals surface area contributed by atoms with Gasteiger partial charge in [-0.3, -0.25) is 0 Å². The van der Waals surface area contributed by atoms with Gasteiger partial charge in [-0.2, -0.15) is 13.2 Å². The third kappa shape index (κ3) is 4.72. The van der Waals surface area contributed by atoms with E-state index in [0.717, 1.165) is 0 Å². The van der Waals surface area contributed by atoms with Gasteiger partial charge >= 0.3 is 12.3 Å². The number of β-amino-alcohol motifs (C(OH)–C–C–N with tert-alkyl or cyclic N) is 1. The number of hydrogen-bond acceptors (Lipinski definition) is 5.